The average Bonchev–Trinajstić information content (AvgIpc) is 3.05. The SMILES string of the molecule is Cc1ccc(S(=O)(=O)N2CCN(CCNC(=O)CN3C(=O)c4ccccc4C3=O)CC2)cc1. The molecule has 0 saturated carbocycles. The zero-order valence-corrected chi connectivity index (χ0v) is 19.2. The zero-order valence-electron chi connectivity index (χ0n) is 18.4. The van der Waals surface area contributed by atoms with Crippen molar-refractivity contribution in [1.29, 1.82) is 0 Å². The summed E-state index contributed by atoms with van der Waals surface area (Å²) in [6.07, 6.45) is 0. The summed E-state index contributed by atoms with van der Waals surface area (Å²) < 4.78 is 27.1. The highest BCUT2D eigenvalue weighted by Crippen LogP contribution is 2.22. The molecule has 33 heavy (non-hydrogen) atoms. The van der Waals surface area contributed by atoms with Crippen LogP contribution in [0.15, 0.2) is 53.4 Å². The molecule has 0 spiro atoms. The van der Waals surface area contributed by atoms with Crippen molar-refractivity contribution >= 4 is 27.7 Å². The predicted octanol–water partition coefficient (Wildman–Crippen LogP) is 0.714. The summed E-state index contributed by atoms with van der Waals surface area (Å²) in [6, 6.07) is 13.3. The maximum atomic E-state index is 12.8. The smallest absolute Gasteiger partial charge is 0.262 e. The van der Waals surface area contributed by atoms with Gasteiger partial charge in [0, 0.05) is 39.3 Å². The van der Waals surface area contributed by atoms with Crippen molar-refractivity contribution in [3.8, 4) is 0 Å². The van der Waals surface area contributed by atoms with Crippen molar-refractivity contribution in [2.24, 2.45) is 0 Å². The van der Waals surface area contributed by atoms with Crippen molar-refractivity contribution in [3.05, 3.63) is 65.2 Å². The predicted molar refractivity (Wildman–Crippen MR) is 121 cm³/mol. The van der Waals surface area contributed by atoms with Crippen molar-refractivity contribution in [2.75, 3.05) is 45.8 Å². The molecule has 4 rings (SSSR count). The minimum Gasteiger partial charge on any atom is -0.353 e. The monoisotopic (exact) mass is 470 g/mol. The van der Waals surface area contributed by atoms with Gasteiger partial charge in [-0.1, -0.05) is 29.8 Å². The maximum Gasteiger partial charge on any atom is 0.262 e. The average molecular weight is 471 g/mol. The summed E-state index contributed by atoms with van der Waals surface area (Å²) in [6.45, 7) is 4.33. The Bertz CT molecular complexity index is 1140. The molecule has 0 bridgehead atoms. The molecule has 0 radical (unpaired) electrons. The van der Waals surface area contributed by atoms with Gasteiger partial charge in [-0.3, -0.25) is 24.2 Å². The van der Waals surface area contributed by atoms with Crippen molar-refractivity contribution in [2.45, 2.75) is 11.8 Å². The number of nitrogens with one attached hydrogen (secondary N) is 1. The van der Waals surface area contributed by atoms with E-state index in [9.17, 15) is 22.8 Å². The Morgan fingerprint density at radius 3 is 2.06 bits per heavy atom. The fourth-order valence-electron chi connectivity index (χ4n) is 3.99. The first-order valence-electron chi connectivity index (χ1n) is 10.8. The van der Waals surface area contributed by atoms with Crippen LogP contribution in [0.4, 0.5) is 0 Å². The first kappa shape index (κ1) is 23.1. The standard InChI is InChI=1S/C23H26N4O5S/c1-17-6-8-18(9-7-17)33(31,32)26-14-12-25(13-15-26)11-10-24-21(28)16-27-22(29)19-4-2-3-5-20(19)23(27)30/h2-9H,10-16H2,1H3,(H,24,28). The molecule has 0 aromatic heterocycles. The van der Waals surface area contributed by atoms with E-state index in [0.29, 0.717) is 55.3 Å². The van der Waals surface area contributed by atoms with Gasteiger partial charge in [-0.05, 0) is 31.2 Å². The number of rotatable bonds is 7. The fourth-order valence-corrected chi connectivity index (χ4v) is 5.41. The molecule has 2 aliphatic rings. The second kappa shape index (κ2) is 9.42. The summed E-state index contributed by atoms with van der Waals surface area (Å²) in [7, 11) is -3.52. The topological polar surface area (TPSA) is 107 Å². The van der Waals surface area contributed by atoms with Gasteiger partial charge in [-0.25, -0.2) is 8.42 Å². The van der Waals surface area contributed by atoms with Crippen LogP contribution in [0.5, 0.6) is 0 Å². The maximum absolute atomic E-state index is 12.8. The van der Waals surface area contributed by atoms with Crippen molar-refractivity contribution in [1.82, 2.24) is 19.4 Å². The highest BCUT2D eigenvalue weighted by Gasteiger charge is 2.36. The summed E-state index contributed by atoms with van der Waals surface area (Å²) in [5.41, 5.74) is 1.63. The lowest BCUT2D eigenvalue weighted by Gasteiger charge is -2.34. The molecule has 2 heterocycles. The van der Waals surface area contributed by atoms with Crippen molar-refractivity contribution < 1.29 is 22.8 Å². The van der Waals surface area contributed by atoms with Crippen LogP contribution in [0, 0.1) is 6.92 Å². The zero-order chi connectivity index (χ0) is 23.6. The molecule has 0 aliphatic carbocycles. The number of piperazine rings is 1. The third-order valence-electron chi connectivity index (χ3n) is 5.92. The van der Waals surface area contributed by atoms with Gasteiger partial charge >= 0.3 is 0 Å². The Kier molecular flexibility index (Phi) is 6.59. The lowest BCUT2D eigenvalue weighted by Crippen LogP contribution is -2.50. The van der Waals surface area contributed by atoms with Gasteiger partial charge in [0.25, 0.3) is 11.8 Å². The molecule has 1 fully saturated rings. The van der Waals surface area contributed by atoms with Crippen LogP contribution in [0.25, 0.3) is 0 Å². The molecule has 1 N–H and O–H groups in total. The van der Waals surface area contributed by atoms with Crippen LogP contribution in [-0.4, -0.2) is 86.1 Å². The second-order valence-electron chi connectivity index (χ2n) is 8.15. The Morgan fingerprint density at radius 1 is 0.909 bits per heavy atom. The molecular weight excluding hydrogens is 444 g/mol. The minimum absolute atomic E-state index is 0.293. The summed E-state index contributed by atoms with van der Waals surface area (Å²) in [4.78, 5) is 40.3. The third-order valence-corrected chi connectivity index (χ3v) is 7.83. The van der Waals surface area contributed by atoms with E-state index in [1.54, 1.807) is 48.5 Å². The number of amides is 3. The van der Waals surface area contributed by atoms with Crippen LogP contribution in [0.3, 0.4) is 0 Å². The molecule has 174 valence electrons. The van der Waals surface area contributed by atoms with Gasteiger partial charge in [0.1, 0.15) is 6.54 Å². The van der Waals surface area contributed by atoms with Gasteiger partial charge in [0.15, 0.2) is 0 Å². The molecule has 0 unspecified atom stereocenters. The molecule has 3 amide bonds. The Morgan fingerprint density at radius 2 is 1.48 bits per heavy atom. The molecule has 2 aliphatic heterocycles. The molecule has 2 aromatic carbocycles. The number of carbonyl (C=O) groups is 3. The van der Waals surface area contributed by atoms with E-state index in [4.69, 9.17) is 0 Å². The lowest BCUT2D eigenvalue weighted by atomic mass is 10.1. The largest absolute Gasteiger partial charge is 0.353 e. The number of imide groups is 1. The molecule has 0 atom stereocenters. The van der Waals surface area contributed by atoms with Crippen LogP contribution in [-0.2, 0) is 14.8 Å². The van der Waals surface area contributed by atoms with Gasteiger partial charge in [-0.15, -0.1) is 0 Å². The second-order valence-corrected chi connectivity index (χ2v) is 10.1. The molecule has 9 nitrogen and oxygen atoms in total. The Labute approximate surface area is 193 Å². The van der Waals surface area contributed by atoms with Gasteiger partial charge in [-0.2, -0.15) is 4.31 Å². The molecular formula is C23H26N4O5S. The molecule has 10 heteroatoms. The normalized spacial score (nSPS) is 17.3. The number of aryl methyl sites for hydroxylation is 1. The number of sulfonamides is 1. The molecule has 2 aromatic rings. The quantitative estimate of drug-likeness (QED) is 0.598. The van der Waals surface area contributed by atoms with E-state index < -0.39 is 27.7 Å². The van der Waals surface area contributed by atoms with Crippen LogP contribution in [0.1, 0.15) is 26.3 Å². The van der Waals surface area contributed by atoms with Crippen LogP contribution >= 0.6 is 0 Å². The number of carbonyl (C=O) groups excluding carboxylic acids is 3. The van der Waals surface area contributed by atoms with E-state index in [1.807, 2.05) is 6.92 Å². The van der Waals surface area contributed by atoms with Crippen molar-refractivity contribution in [3.63, 3.8) is 0 Å². The van der Waals surface area contributed by atoms with E-state index in [0.717, 1.165) is 10.5 Å². The summed E-state index contributed by atoms with van der Waals surface area (Å²) >= 11 is 0. The number of benzene rings is 2. The number of hydrogen-bond acceptors (Lipinski definition) is 6. The summed E-state index contributed by atoms with van der Waals surface area (Å²) in [5.74, 6) is -1.33. The summed E-state index contributed by atoms with van der Waals surface area (Å²) in [5, 5.41) is 2.74. The van der Waals surface area contributed by atoms with E-state index in [-0.39, 0.29) is 6.54 Å². The van der Waals surface area contributed by atoms with E-state index >= 15 is 0 Å². The fraction of sp³-hybridized carbons (Fsp3) is 0.348. The highest BCUT2D eigenvalue weighted by molar-refractivity contribution is 7.89. The number of hydrogen-bond donors (Lipinski definition) is 1. The number of nitrogens with zero attached hydrogens (tertiary/aromatic N) is 3. The lowest BCUT2D eigenvalue weighted by molar-refractivity contribution is -0.121. The van der Waals surface area contributed by atoms with E-state index in [2.05, 4.69) is 10.2 Å². The van der Waals surface area contributed by atoms with Gasteiger partial charge < -0.3 is 5.32 Å². The minimum atomic E-state index is -3.52. The molecule has 1 saturated heterocycles. The number of fused-ring (bicyclic) bond motifs is 1. The van der Waals surface area contributed by atoms with Gasteiger partial charge in [0.2, 0.25) is 15.9 Å². The third kappa shape index (κ3) is 4.82. The van der Waals surface area contributed by atoms with Crippen LogP contribution < -0.4 is 5.32 Å². The first-order valence-corrected chi connectivity index (χ1v) is 12.2. The van der Waals surface area contributed by atoms with Gasteiger partial charge in [0.05, 0.1) is 16.0 Å². The van der Waals surface area contributed by atoms with E-state index in [1.165, 1.54) is 4.31 Å². The highest BCUT2D eigenvalue weighted by atomic mass is 32.2. The Hall–Kier alpha value is -3.08. The Balaban J connectivity index is 1.21. The first-order chi connectivity index (χ1) is 15.8. The van der Waals surface area contributed by atoms with Crippen LogP contribution in [0.2, 0.25) is 0 Å².